The zero-order valence-corrected chi connectivity index (χ0v) is 15.2. The van der Waals surface area contributed by atoms with Gasteiger partial charge in [-0.1, -0.05) is 13.0 Å². The Morgan fingerprint density at radius 1 is 1.04 bits per heavy atom. The number of fused-ring (bicyclic) bond motifs is 5. The molecule has 0 spiro atoms. The summed E-state index contributed by atoms with van der Waals surface area (Å²) in [6.45, 7) is 11.8. The van der Waals surface area contributed by atoms with Crippen LogP contribution in [0.1, 0.15) is 38.7 Å². The summed E-state index contributed by atoms with van der Waals surface area (Å²) in [4.78, 5) is 5.48. The molecule has 0 radical (unpaired) electrons. The third-order valence-corrected chi connectivity index (χ3v) is 6.00. The first-order valence-electron chi connectivity index (χ1n) is 9.81. The maximum Gasteiger partial charge on any atom is 0.0480 e. The van der Waals surface area contributed by atoms with Crippen LogP contribution in [-0.2, 0) is 13.1 Å². The molecule has 3 aliphatic heterocycles. The Morgan fingerprint density at radius 2 is 1.96 bits per heavy atom. The van der Waals surface area contributed by atoms with Gasteiger partial charge in [-0.05, 0) is 67.8 Å². The van der Waals surface area contributed by atoms with E-state index in [2.05, 4.69) is 58.7 Å². The monoisotopic (exact) mass is 325 g/mol. The highest BCUT2D eigenvalue weighted by Crippen LogP contribution is 2.29. The fraction of sp³-hybridized carbons (Fsp3) is 0.619. The topological polar surface area (TPSA) is 11.4 Å². The summed E-state index contributed by atoms with van der Waals surface area (Å²) in [5, 5.41) is 1.39. The van der Waals surface area contributed by atoms with Gasteiger partial charge in [-0.25, -0.2) is 0 Å². The lowest BCUT2D eigenvalue weighted by atomic mass is 9.95. The molecule has 3 nitrogen and oxygen atoms in total. The molecule has 3 saturated heterocycles. The molecule has 1 aromatic heterocycles. The summed E-state index contributed by atoms with van der Waals surface area (Å²) < 4.78 is 2.33. The standard InChI is InChI=1S/C21H31N3/c1-3-10-24-15-18-5-7-20(24)16-22(14-18)13-17-6-8-21-19(12-17)9-11-23(21)4-2/h6,8-9,11-12,18,20H,3-5,7,10,13-16H2,1-2H3/t18-,20+/m1/s1. The number of hydrogen-bond donors (Lipinski definition) is 0. The molecule has 2 bridgehead atoms. The molecule has 4 heterocycles. The zero-order valence-electron chi connectivity index (χ0n) is 15.2. The quantitative estimate of drug-likeness (QED) is 0.824. The van der Waals surface area contributed by atoms with Crippen molar-refractivity contribution in [1.82, 2.24) is 14.4 Å². The van der Waals surface area contributed by atoms with Crippen molar-refractivity contribution in [2.45, 2.75) is 52.2 Å². The van der Waals surface area contributed by atoms with Crippen molar-refractivity contribution in [3.8, 4) is 0 Å². The zero-order chi connectivity index (χ0) is 16.5. The lowest BCUT2D eigenvalue weighted by Gasteiger charge is -2.35. The Balaban J connectivity index is 1.49. The summed E-state index contributed by atoms with van der Waals surface area (Å²) in [7, 11) is 0. The molecule has 1 aromatic carbocycles. The second-order valence-electron chi connectivity index (χ2n) is 7.78. The van der Waals surface area contributed by atoms with E-state index < -0.39 is 0 Å². The van der Waals surface area contributed by atoms with Gasteiger partial charge >= 0.3 is 0 Å². The Hall–Kier alpha value is -1.32. The van der Waals surface area contributed by atoms with Crippen LogP contribution in [0.4, 0.5) is 0 Å². The van der Waals surface area contributed by atoms with E-state index in [4.69, 9.17) is 0 Å². The minimum absolute atomic E-state index is 0.786. The summed E-state index contributed by atoms with van der Waals surface area (Å²) in [5.74, 6) is 0.875. The van der Waals surface area contributed by atoms with Gasteiger partial charge in [0.25, 0.3) is 0 Å². The molecule has 0 aliphatic carbocycles. The highest BCUT2D eigenvalue weighted by atomic mass is 15.3. The van der Waals surface area contributed by atoms with E-state index in [9.17, 15) is 0 Å². The first-order chi connectivity index (χ1) is 11.8. The number of benzene rings is 1. The fourth-order valence-corrected chi connectivity index (χ4v) is 4.85. The summed E-state index contributed by atoms with van der Waals surface area (Å²) in [5.41, 5.74) is 2.84. The maximum atomic E-state index is 2.76. The molecule has 0 unspecified atom stereocenters. The SMILES string of the molecule is CCCN1C[C@@H]2CC[C@H]1CN(Cc1ccc3c(ccn3CC)c1)C2. The van der Waals surface area contributed by atoms with Gasteiger partial charge in [-0.15, -0.1) is 0 Å². The van der Waals surface area contributed by atoms with Crippen molar-refractivity contribution in [3.05, 3.63) is 36.0 Å². The third-order valence-electron chi connectivity index (χ3n) is 6.00. The number of rotatable bonds is 5. The van der Waals surface area contributed by atoms with Gasteiger partial charge in [0.15, 0.2) is 0 Å². The van der Waals surface area contributed by atoms with Crippen molar-refractivity contribution >= 4 is 10.9 Å². The largest absolute Gasteiger partial charge is 0.348 e. The van der Waals surface area contributed by atoms with E-state index >= 15 is 0 Å². The molecule has 3 aliphatic rings. The van der Waals surface area contributed by atoms with E-state index in [0.29, 0.717) is 0 Å². The van der Waals surface area contributed by atoms with E-state index in [1.165, 1.54) is 61.9 Å². The highest BCUT2D eigenvalue weighted by Gasteiger charge is 2.34. The van der Waals surface area contributed by atoms with Gasteiger partial charge in [0.2, 0.25) is 0 Å². The van der Waals surface area contributed by atoms with Crippen LogP contribution >= 0.6 is 0 Å². The molecule has 0 N–H and O–H groups in total. The lowest BCUT2D eigenvalue weighted by Crippen LogP contribution is -2.44. The molecular weight excluding hydrogens is 294 g/mol. The van der Waals surface area contributed by atoms with Gasteiger partial charge in [0.05, 0.1) is 0 Å². The average molecular weight is 326 g/mol. The van der Waals surface area contributed by atoms with Crippen molar-refractivity contribution in [2.75, 3.05) is 26.2 Å². The van der Waals surface area contributed by atoms with E-state index in [1.807, 2.05) is 0 Å². The molecule has 0 saturated carbocycles. The number of aryl methyl sites for hydroxylation is 1. The van der Waals surface area contributed by atoms with Crippen molar-refractivity contribution in [2.24, 2.45) is 5.92 Å². The van der Waals surface area contributed by atoms with Gasteiger partial charge in [-0.2, -0.15) is 0 Å². The van der Waals surface area contributed by atoms with Crippen molar-refractivity contribution in [3.63, 3.8) is 0 Å². The number of aromatic nitrogens is 1. The first-order valence-corrected chi connectivity index (χ1v) is 9.81. The molecule has 2 atom stereocenters. The molecular formula is C21H31N3. The van der Waals surface area contributed by atoms with Crippen molar-refractivity contribution in [1.29, 1.82) is 0 Å². The molecule has 0 amide bonds. The van der Waals surface area contributed by atoms with Crippen molar-refractivity contribution < 1.29 is 0 Å². The minimum Gasteiger partial charge on any atom is -0.348 e. The van der Waals surface area contributed by atoms with E-state index in [-0.39, 0.29) is 0 Å². The number of nitrogens with zero attached hydrogens (tertiary/aromatic N) is 3. The lowest BCUT2D eigenvalue weighted by molar-refractivity contribution is 0.131. The second-order valence-corrected chi connectivity index (χ2v) is 7.78. The number of piperidine rings is 1. The van der Waals surface area contributed by atoms with Crippen LogP contribution in [0.3, 0.4) is 0 Å². The van der Waals surface area contributed by atoms with Crippen LogP contribution in [0.15, 0.2) is 30.5 Å². The normalized spacial score (nSPS) is 25.4. The minimum atomic E-state index is 0.786. The first kappa shape index (κ1) is 16.2. The summed E-state index contributed by atoms with van der Waals surface area (Å²) >= 11 is 0. The van der Waals surface area contributed by atoms with E-state index in [1.54, 1.807) is 0 Å². The van der Waals surface area contributed by atoms with Crippen LogP contribution in [-0.4, -0.2) is 46.6 Å². The molecule has 130 valence electrons. The fourth-order valence-electron chi connectivity index (χ4n) is 4.85. The Kier molecular flexibility index (Phi) is 4.64. The third kappa shape index (κ3) is 3.12. The second kappa shape index (κ2) is 6.89. The number of hydrogen-bond acceptors (Lipinski definition) is 2. The summed E-state index contributed by atoms with van der Waals surface area (Å²) in [6.07, 6.45) is 6.33. The average Bonchev–Trinajstić information content (AvgIpc) is 2.80. The van der Waals surface area contributed by atoms with Gasteiger partial charge < -0.3 is 4.57 Å². The Labute approximate surface area is 146 Å². The van der Waals surface area contributed by atoms with Gasteiger partial charge in [0.1, 0.15) is 0 Å². The van der Waals surface area contributed by atoms with Crippen LogP contribution in [0.25, 0.3) is 10.9 Å². The molecule has 3 heteroatoms. The summed E-state index contributed by atoms with van der Waals surface area (Å²) in [6, 6.07) is 10.1. The van der Waals surface area contributed by atoms with Crippen LogP contribution in [0.5, 0.6) is 0 Å². The van der Waals surface area contributed by atoms with Crippen LogP contribution in [0, 0.1) is 5.92 Å². The molecule has 24 heavy (non-hydrogen) atoms. The van der Waals surface area contributed by atoms with E-state index in [0.717, 1.165) is 25.0 Å². The molecule has 2 aromatic rings. The predicted octanol–water partition coefficient (Wildman–Crippen LogP) is 3.97. The smallest absolute Gasteiger partial charge is 0.0480 e. The van der Waals surface area contributed by atoms with Crippen LogP contribution < -0.4 is 0 Å². The Morgan fingerprint density at radius 3 is 2.79 bits per heavy atom. The van der Waals surface area contributed by atoms with Gasteiger partial charge in [0, 0.05) is 50.5 Å². The molecule has 5 rings (SSSR count). The molecule has 3 fully saturated rings. The van der Waals surface area contributed by atoms with Gasteiger partial charge in [-0.3, -0.25) is 9.80 Å². The Bertz CT molecular complexity index is 689. The van der Waals surface area contributed by atoms with Crippen LogP contribution in [0.2, 0.25) is 0 Å². The predicted molar refractivity (Wildman–Crippen MR) is 101 cm³/mol. The maximum absolute atomic E-state index is 2.76. The highest BCUT2D eigenvalue weighted by molar-refractivity contribution is 5.80.